The van der Waals surface area contributed by atoms with Crippen molar-refractivity contribution in [3.8, 4) is 11.1 Å². The van der Waals surface area contributed by atoms with Gasteiger partial charge in [-0.15, -0.1) is 0 Å². The van der Waals surface area contributed by atoms with Gasteiger partial charge in [0, 0.05) is 0 Å². The van der Waals surface area contributed by atoms with Crippen LogP contribution in [-0.2, 0) is 15.6 Å². The Hall–Kier alpha value is -2.92. The lowest BCUT2D eigenvalue weighted by Gasteiger charge is -2.10. The molecule has 0 fully saturated rings. The summed E-state index contributed by atoms with van der Waals surface area (Å²) in [6, 6.07) is 22.0. The molecule has 126 valence electrons. The van der Waals surface area contributed by atoms with Gasteiger partial charge >= 0.3 is 5.97 Å². The minimum atomic E-state index is -3.58. The molecule has 5 heteroatoms. The summed E-state index contributed by atoms with van der Waals surface area (Å²) < 4.78 is 25.4. The van der Waals surface area contributed by atoms with Gasteiger partial charge in [0.25, 0.3) is 0 Å². The largest absolute Gasteiger partial charge is 0.478 e. The average molecular weight is 352 g/mol. The molecule has 0 aliphatic heterocycles. The van der Waals surface area contributed by atoms with Crippen LogP contribution in [0.3, 0.4) is 0 Å². The molecule has 1 N–H and O–H groups in total. The minimum absolute atomic E-state index is 0.0739. The number of aromatic carboxylic acids is 1. The predicted octanol–water partition coefficient (Wildman–Crippen LogP) is 4.03. The van der Waals surface area contributed by atoms with Crippen LogP contribution in [0.15, 0.2) is 83.8 Å². The highest BCUT2D eigenvalue weighted by Crippen LogP contribution is 2.28. The molecule has 0 bridgehead atoms. The summed E-state index contributed by atoms with van der Waals surface area (Å²) in [7, 11) is -3.58. The lowest BCUT2D eigenvalue weighted by molar-refractivity contribution is 0.0697. The average Bonchev–Trinajstić information content (AvgIpc) is 2.62. The van der Waals surface area contributed by atoms with Crippen molar-refractivity contribution in [2.24, 2.45) is 0 Å². The molecular weight excluding hydrogens is 336 g/mol. The minimum Gasteiger partial charge on any atom is -0.478 e. The molecule has 0 heterocycles. The fourth-order valence-corrected chi connectivity index (χ4v) is 4.01. The van der Waals surface area contributed by atoms with Gasteiger partial charge in [0.15, 0.2) is 9.84 Å². The molecule has 0 atom stereocenters. The summed E-state index contributed by atoms with van der Waals surface area (Å²) in [5.74, 6) is -1.22. The molecule has 0 saturated heterocycles. The van der Waals surface area contributed by atoms with E-state index in [9.17, 15) is 18.3 Å². The zero-order chi connectivity index (χ0) is 17.9. The molecule has 0 aromatic heterocycles. The Labute approximate surface area is 146 Å². The van der Waals surface area contributed by atoms with Crippen molar-refractivity contribution in [2.75, 3.05) is 0 Å². The van der Waals surface area contributed by atoms with Gasteiger partial charge in [-0.1, -0.05) is 60.7 Å². The smallest absolute Gasteiger partial charge is 0.336 e. The Bertz CT molecular complexity index is 994. The summed E-state index contributed by atoms with van der Waals surface area (Å²) >= 11 is 0. The van der Waals surface area contributed by atoms with Crippen LogP contribution >= 0.6 is 0 Å². The highest BCUT2D eigenvalue weighted by Gasteiger charge is 2.19. The van der Waals surface area contributed by atoms with E-state index in [0.29, 0.717) is 16.7 Å². The third-order valence-corrected chi connectivity index (χ3v) is 5.55. The summed E-state index contributed by atoms with van der Waals surface area (Å²) in [6.07, 6.45) is 0. The molecule has 3 aromatic rings. The third kappa shape index (κ3) is 3.78. The number of carbonyl (C=O) groups is 1. The molecule has 4 nitrogen and oxygen atoms in total. The lowest BCUT2D eigenvalue weighted by atomic mass is 10.00. The molecule has 0 amide bonds. The first-order valence-corrected chi connectivity index (χ1v) is 9.32. The van der Waals surface area contributed by atoms with Crippen molar-refractivity contribution in [2.45, 2.75) is 10.6 Å². The fraction of sp³-hybridized carbons (Fsp3) is 0.0500. The second-order valence-electron chi connectivity index (χ2n) is 5.62. The standard InChI is InChI=1S/C20H16O4S/c21-20(22)18-12-11-17(13-19(18)16-9-5-2-6-10-16)25(23,24)14-15-7-3-1-4-8-15/h1-13H,14H2,(H,21,22). The molecular formula is C20H16O4S. The van der Waals surface area contributed by atoms with Gasteiger partial charge in [-0.05, 0) is 34.9 Å². The van der Waals surface area contributed by atoms with Crippen LogP contribution in [0.5, 0.6) is 0 Å². The van der Waals surface area contributed by atoms with E-state index in [-0.39, 0.29) is 16.2 Å². The summed E-state index contributed by atoms with van der Waals surface area (Å²) in [4.78, 5) is 11.6. The maximum atomic E-state index is 12.7. The van der Waals surface area contributed by atoms with Gasteiger partial charge in [0.1, 0.15) is 0 Å². The van der Waals surface area contributed by atoms with Crippen molar-refractivity contribution in [3.05, 3.63) is 90.0 Å². The van der Waals surface area contributed by atoms with E-state index < -0.39 is 15.8 Å². The molecule has 0 aliphatic rings. The number of carboxylic acids is 1. The number of sulfone groups is 1. The Kier molecular flexibility index (Phi) is 4.67. The first-order valence-electron chi connectivity index (χ1n) is 7.67. The van der Waals surface area contributed by atoms with Crippen molar-refractivity contribution < 1.29 is 18.3 Å². The molecule has 3 aromatic carbocycles. The first-order chi connectivity index (χ1) is 12.0. The van der Waals surface area contributed by atoms with Gasteiger partial charge in [0.2, 0.25) is 0 Å². The Morgan fingerprint density at radius 1 is 0.840 bits per heavy atom. The van der Waals surface area contributed by atoms with Crippen LogP contribution < -0.4 is 0 Å². The van der Waals surface area contributed by atoms with E-state index in [1.807, 2.05) is 12.1 Å². The maximum Gasteiger partial charge on any atom is 0.336 e. The maximum absolute atomic E-state index is 12.7. The van der Waals surface area contributed by atoms with Gasteiger partial charge in [-0.2, -0.15) is 0 Å². The van der Waals surface area contributed by atoms with Crippen LogP contribution in [0.2, 0.25) is 0 Å². The van der Waals surface area contributed by atoms with E-state index >= 15 is 0 Å². The fourth-order valence-electron chi connectivity index (χ4n) is 2.64. The van der Waals surface area contributed by atoms with Gasteiger partial charge < -0.3 is 5.11 Å². The number of benzene rings is 3. The van der Waals surface area contributed by atoms with Crippen LogP contribution in [0.25, 0.3) is 11.1 Å². The van der Waals surface area contributed by atoms with Gasteiger partial charge in [-0.25, -0.2) is 13.2 Å². The predicted molar refractivity (Wildman–Crippen MR) is 96.2 cm³/mol. The lowest BCUT2D eigenvalue weighted by Crippen LogP contribution is -2.07. The zero-order valence-electron chi connectivity index (χ0n) is 13.3. The first kappa shape index (κ1) is 16.9. The summed E-state index contributed by atoms with van der Waals surface area (Å²) in [5.41, 5.74) is 1.81. The quantitative estimate of drug-likeness (QED) is 0.753. The van der Waals surface area contributed by atoms with Crippen LogP contribution in [0, 0.1) is 0 Å². The van der Waals surface area contributed by atoms with Crippen molar-refractivity contribution in [1.82, 2.24) is 0 Å². The van der Waals surface area contributed by atoms with E-state index in [2.05, 4.69) is 0 Å². The van der Waals surface area contributed by atoms with Gasteiger partial charge in [-0.3, -0.25) is 0 Å². The van der Waals surface area contributed by atoms with E-state index in [0.717, 1.165) is 0 Å². The van der Waals surface area contributed by atoms with E-state index in [1.54, 1.807) is 48.5 Å². The van der Waals surface area contributed by atoms with Crippen molar-refractivity contribution in [1.29, 1.82) is 0 Å². The molecule has 0 aliphatic carbocycles. The zero-order valence-corrected chi connectivity index (χ0v) is 14.1. The number of carboxylic acid groups (broad SMARTS) is 1. The molecule has 0 spiro atoms. The number of rotatable bonds is 5. The normalized spacial score (nSPS) is 11.2. The van der Waals surface area contributed by atoms with Crippen LogP contribution in [0.1, 0.15) is 15.9 Å². The van der Waals surface area contributed by atoms with Crippen LogP contribution in [-0.4, -0.2) is 19.5 Å². The second-order valence-corrected chi connectivity index (χ2v) is 7.61. The Morgan fingerprint density at radius 3 is 2.04 bits per heavy atom. The van der Waals surface area contributed by atoms with E-state index in [1.165, 1.54) is 18.2 Å². The highest BCUT2D eigenvalue weighted by molar-refractivity contribution is 7.90. The van der Waals surface area contributed by atoms with Gasteiger partial charge in [0.05, 0.1) is 16.2 Å². The molecule has 0 saturated carbocycles. The molecule has 25 heavy (non-hydrogen) atoms. The summed E-state index contributed by atoms with van der Waals surface area (Å²) in [5, 5.41) is 9.41. The second kappa shape index (κ2) is 6.91. The van der Waals surface area contributed by atoms with Crippen molar-refractivity contribution >= 4 is 15.8 Å². The third-order valence-electron chi connectivity index (χ3n) is 3.86. The van der Waals surface area contributed by atoms with E-state index in [4.69, 9.17) is 0 Å². The molecule has 0 radical (unpaired) electrons. The van der Waals surface area contributed by atoms with Crippen molar-refractivity contribution in [3.63, 3.8) is 0 Å². The molecule has 0 unspecified atom stereocenters. The topological polar surface area (TPSA) is 71.4 Å². The SMILES string of the molecule is O=C(O)c1ccc(S(=O)(=O)Cc2ccccc2)cc1-c1ccccc1. The summed E-state index contributed by atoms with van der Waals surface area (Å²) in [6.45, 7) is 0. The number of hydrogen-bond donors (Lipinski definition) is 1. The Balaban J connectivity index is 2.07. The Morgan fingerprint density at radius 2 is 1.44 bits per heavy atom. The monoisotopic (exact) mass is 352 g/mol. The molecule has 3 rings (SSSR count). The highest BCUT2D eigenvalue weighted by atomic mass is 32.2. The number of hydrogen-bond acceptors (Lipinski definition) is 3. The van der Waals surface area contributed by atoms with Crippen LogP contribution in [0.4, 0.5) is 0 Å².